The van der Waals surface area contributed by atoms with Crippen molar-refractivity contribution in [2.45, 2.75) is 29.8 Å². The minimum absolute atomic E-state index is 0.353. The van der Waals surface area contributed by atoms with Gasteiger partial charge in [-0.25, -0.2) is 13.4 Å². The number of fused-ring (bicyclic) bond motifs is 1. The normalized spacial score (nSPS) is 21.7. The van der Waals surface area contributed by atoms with Gasteiger partial charge in [-0.1, -0.05) is 11.6 Å². The third-order valence-corrected chi connectivity index (χ3v) is 8.12. The molecule has 0 unspecified atom stereocenters. The highest BCUT2D eigenvalue weighted by atomic mass is 35.5. The highest BCUT2D eigenvalue weighted by molar-refractivity contribution is 7.90. The smallest absolute Gasteiger partial charge is 0.175 e. The Morgan fingerprint density at radius 3 is 2.31 bits per heavy atom. The molecule has 0 amide bonds. The lowest BCUT2D eigenvalue weighted by atomic mass is 9.87. The number of nitrogens with zero attached hydrogens (tertiary/aromatic N) is 4. The predicted molar refractivity (Wildman–Crippen MR) is 130 cm³/mol. The van der Waals surface area contributed by atoms with Gasteiger partial charge in [0, 0.05) is 61.8 Å². The number of halogens is 1. The lowest BCUT2D eigenvalue weighted by Gasteiger charge is -2.38. The van der Waals surface area contributed by atoms with E-state index in [1.165, 1.54) is 6.26 Å². The minimum Gasteiger partial charge on any atom is -0.368 e. The van der Waals surface area contributed by atoms with Crippen LogP contribution in [0.5, 0.6) is 0 Å². The van der Waals surface area contributed by atoms with Crippen LogP contribution in [0.3, 0.4) is 0 Å². The highest BCUT2D eigenvalue weighted by Crippen LogP contribution is 2.38. The molecule has 1 aliphatic heterocycles. The van der Waals surface area contributed by atoms with Crippen LogP contribution in [0, 0.1) is 0 Å². The van der Waals surface area contributed by atoms with Gasteiger partial charge in [-0.2, -0.15) is 0 Å². The highest BCUT2D eigenvalue weighted by Gasteiger charge is 2.31. The van der Waals surface area contributed by atoms with E-state index < -0.39 is 9.84 Å². The van der Waals surface area contributed by atoms with Crippen LogP contribution >= 0.6 is 11.6 Å². The van der Waals surface area contributed by atoms with Gasteiger partial charge in [-0.3, -0.25) is 0 Å². The number of hydrogen-bond acceptors (Lipinski definition) is 6. The van der Waals surface area contributed by atoms with Gasteiger partial charge in [-0.15, -0.1) is 0 Å². The van der Waals surface area contributed by atoms with Crippen LogP contribution in [0.25, 0.3) is 11.0 Å². The molecule has 2 fully saturated rings. The maximum atomic E-state index is 11.7. The maximum Gasteiger partial charge on any atom is 0.175 e. The van der Waals surface area contributed by atoms with E-state index in [0.29, 0.717) is 22.1 Å². The van der Waals surface area contributed by atoms with Crippen molar-refractivity contribution in [2.75, 3.05) is 49.3 Å². The summed E-state index contributed by atoms with van der Waals surface area (Å²) in [5.74, 6) is 0. The van der Waals surface area contributed by atoms with Gasteiger partial charge in [0.05, 0.1) is 10.6 Å². The lowest BCUT2D eigenvalue weighted by Crippen LogP contribution is -2.46. The third-order valence-electron chi connectivity index (χ3n) is 6.80. The topological polar surface area (TPSA) is 70.5 Å². The zero-order valence-corrected chi connectivity index (χ0v) is 19.9. The van der Waals surface area contributed by atoms with Crippen molar-refractivity contribution in [1.82, 2.24) is 14.9 Å². The van der Waals surface area contributed by atoms with E-state index in [2.05, 4.69) is 36.9 Å². The standard InChI is InChI=1S/C23H28ClN5O2S/c1-25-16-13-18(14-16)29-8-7-20-21(15-22(24)26-23(20)29)28-11-9-27(10-12-28)17-3-5-19(6-4-17)32(2,30)31/h3-8,15-16,18,25H,9-14H2,1-2H3/t16-,18-. The van der Waals surface area contributed by atoms with Crippen molar-refractivity contribution in [1.29, 1.82) is 0 Å². The Hall–Kier alpha value is -2.29. The molecule has 32 heavy (non-hydrogen) atoms. The van der Waals surface area contributed by atoms with Crippen LogP contribution in [0.2, 0.25) is 5.15 Å². The van der Waals surface area contributed by atoms with Gasteiger partial charge >= 0.3 is 0 Å². The van der Waals surface area contributed by atoms with Crippen molar-refractivity contribution >= 4 is 43.8 Å². The Balaban J connectivity index is 1.33. The Kier molecular flexibility index (Phi) is 5.55. The first-order valence-corrected chi connectivity index (χ1v) is 13.2. The van der Waals surface area contributed by atoms with Crippen LogP contribution < -0.4 is 15.1 Å². The molecule has 1 saturated heterocycles. The quantitative estimate of drug-likeness (QED) is 0.573. The predicted octanol–water partition coefficient (Wildman–Crippen LogP) is 3.34. The number of anilines is 2. The largest absolute Gasteiger partial charge is 0.368 e. The molecule has 0 atom stereocenters. The molecule has 1 N–H and O–H groups in total. The molecule has 0 radical (unpaired) electrons. The van der Waals surface area contributed by atoms with Crippen LogP contribution in [0.4, 0.5) is 11.4 Å². The molecule has 1 aliphatic carbocycles. The summed E-state index contributed by atoms with van der Waals surface area (Å²) in [6, 6.07) is 12.3. The Morgan fingerprint density at radius 1 is 1.03 bits per heavy atom. The molecule has 0 spiro atoms. The average molecular weight is 474 g/mol. The molecule has 3 heterocycles. The number of benzene rings is 1. The number of aromatic nitrogens is 2. The summed E-state index contributed by atoms with van der Waals surface area (Å²) in [6.07, 6.45) is 5.60. The van der Waals surface area contributed by atoms with Crippen LogP contribution in [0.1, 0.15) is 18.9 Å². The summed E-state index contributed by atoms with van der Waals surface area (Å²) >= 11 is 6.45. The second-order valence-corrected chi connectivity index (χ2v) is 11.2. The summed E-state index contributed by atoms with van der Waals surface area (Å²) < 4.78 is 25.7. The fourth-order valence-electron chi connectivity index (χ4n) is 4.80. The summed E-state index contributed by atoms with van der Waals surface area (Å²) in [6.45, 7) is 3.43. The van der Waals surface area contributed by atoms with E-state index in [1.807, 2.05) is 25.2 Å². The molecule has 9 heteroatoms. The van der Waals surface area contributed by atoms with Crippen molar-refractivity contribution < 1.29 is 8.42 Å². The number of sulfone groups is 1. The number of hydrogen-bond donors (Lipinski definition) is 1. The molecule has 1 aromatic carbocycles. The van der Waals surface area contributed by atoms with Gasteiger partial charge in [-0.05, 0) is 56.3 Å². The molecule has 2 aromatic heterocycles. The second-order valence-electron chi connectivity index (χ2n) is 8.78. The van der Waals surface area contributed by atoms with Gasteiger partial charge in [0.2, 0.25) is 0 Å². The first-order valence-electron chi connectivity index (χ1n) is 11.0. The SMILES string of the molecule is CN[C@H]1C[C@H](n2ccc3c(N4CCN(c5ccc(S(C)(=O)=O)cc5)CC4)cc(Cl)nc32)C1. The summed E-state index contributed by atoms with van der Waals surface area (Å²) in [5.41, 5.74) is 3.14. The van der Waals surface area contributed by atoms with Crippen LogP contribution in [-0.4, -0.2) is 63.5 Å². The Morgan fingerprint density at radius 2 is 1.69 bits per heavy atom. The first-order chi connectivity index (χ1) is 15.3. The number of piperazine rings is 1. The van der Waals surface area contributed by atoms with Gasteiger partial charge < -0.3 is 19.7 Å². The number of nitrogens with one attached hydrogen (secondary N) is 1. The molecular formula is C23H28ClN5O2S. The molecule has 2 aliphatic rings. The average Bonchev–Trinajstić information content (AvgIpc) is 3.15. The Bertz CT molecular complexity index is 1230. The van der Waals surface area contributed by atoms with Crippen molar-refractivity contribution in [3.63, 3.8) is 0 Å². The van der Waals surface area contributed by atoms with E-state index in [9.17, 15) is 8.42 Å². The fourth-order valence-corrected chi connectivity index (χ4v) is 5.61. The summed E-state index contributed by atoms with van der Waals surface area (Å²) in [5, 5.41) is 5.01. The second kappa shape index (κ2) is 8.24. The molecule has 3 aromatic rings. The third kappa shape index (κ3) is 3.95. The van der Waals surface area contributed by atoms with E-state index in [1.54, 1.807) is 12.1 Å². The van der Waals surface area contributed by atoms with E-state index in [-0.39, 0.29) is 0 Å². The van der Waals surface area contributed by atoms with E-state index in [0.717, 1.165) is 61.4 Å². The minimum atomic E-state index is -3.18. The molecule has 5 rings (SSSR count). The van der Waals surface area contributed by atoms with Gasteiger partial charge in [0.25, 0.3) is 0 Å². The summed E-state index contributed by atoms with van der Waals surface area (Å²) in [4.78, 5) is 9.68. The van der Waals surface area contributed by atoms with Crippen LogP contribution in [0.15, 0.2) is 47.5 Å². The van der Waals surface area contributed by atoms with Gasteiger partial charge in [0.1, 0.15) is 10.8 Å². The maximum absolute atomic E-state index is 11.7. The zero-order chi connectivity index (χ0) is 22.5. The fraction of sp³-hybridized carbons (Fsp3) is 0.435. The van der Waals surface area contributed by atoms with Crippen molar-refractivity contribution in [3.8, 4) is 0 Å². The molecule has 0 bridgehead atoms. The van der Waals surface area contributed by atoms with Crippen LogP contribution in [-0.2, 0) is 9.84 Å². The molecule has 7 nitrogen and oxygen atoms in total. The Labute approximate surface area is 193 Å². The summed E-state index contributed by atoms with van der Waals surface area (Å²) in [7, 11) is -1.16. The molecule has 170 valence electrons. The number of rotatable bonds is 5. The van der Waals surface area contributed by atoms with E-state index >= 15 is 0 Å². The van der Waals surface area contributed by atoms with Gasteiger partial charge in [0.15, 0.2) is 9.84 Å². The van der Waals surface area contributed by atoms with E-state index in [4.69, 9.17) is 11.6 Å². The first kappa shape index (κ1) is 21.6. The zero-order valence-electron chi connectivity index (χ0n) is 18.3. The lowest BCUT2D eigenvalue weighted by molar-refractivity contribution is 0.240. The van der Waals surface area contributed by atoms with Crippen molar-refractivity contribution in [3.05, 3.63) is 47.7 Å². The van der Waals surface area contributed by atoms with Crippen molar-refractivity contribution in [2.24, 2.45) is 0 Å². The molecular weight excluding hydrogens is 446 g/mol. The number of pyridine rings is 1. The monoisotopic (exact) mass is 473 g/mol. The molecule has 1 saturated carbocycles.